The van der Waals surface area contributed by atoms with Crippen LogP contribution in [0.25, 0.3) is 11.0 Å². The van der Waals surface area contributed by atoms with Crippen LogP contribution in [0.15, 0.2) is 74.5 Å². The number of oxazole rings is 2. The molecular formula is C36H37N9O8. The first-order valence-electron chi connectivity index (χ1n) is 17.2. The molecule has 2 aliphatic heterocycles. The van der Waals surface area contributed by atoms with Crippen LogP contribution in [0.2, 0.25) is 0 Å². The van der Waals surface area contributed by atoms with Crippen molar-refractivity contribution in [1.29, 1.82) is 0 Å². The number of nitrogens with zero attached hydrogens (tertiary/aromatic N) is 5. The number of rotatable bonds is 6. The molecule has 274 valence electrons. The fourth-order valence-corrected chi connectivity index (χ4v) is 6.53. The van der Waals surface area contributed by atoms with Gasteiger partial charge < -0.3 is 39.5 Å². The normalized spacial score (nSPS) is 22.5. The van der Waals surface area contributed by atoms with Crippen LogP contribution >= 0.6 is 0 Å². The number of amides is 5. The van der Waals surface area contributed by atoms with Gasteiger partial charge in [0.2, 0.25) is 35.0 Å². The van der Waals surface area contributed by atoms with Gasteiger partial charge in [-0.1, -0.05) is 49.3 Å². The number of aromatic nitrogens is 4. The molecule has 1 saturated heterocycles. The number of pyridine rings is 1. The Morgan fingerprint density at radius 1 is 0.925 bits per heavy atom. The molecule has 1 fully saturated rings. The molecule has 17 heteroatoms. The third kappa shape index (κ3) is 7.49. The summed E-state index contributed by atoms with van der Waals surface area (Å²) in [7, 11) is 0. The molecule has 4 bridgehead atoms. The van der Waals surface area contributed by atoms with E-state index in [4.69, 9.17) is 13.4 Å². The summed E-state index contributed by atoms with van der Waals surface area (Å²) in [5, 5.41) is 15.6. The zero-order valence-electron chi connectivity index (χ0n) is 29.1. The van der Waals surface area contributed by atoms with E-state index in [-0.39, 0.29) is 59.9 Å². The number of hydrogen-bond donors (Lipinski definition) is 4. The monoisotopic (exact) mass is 723 g/mol. The number of carbonyl (C=O) groups excluding carboxylic acids is 5. The summed E-state index contributed by atoms with van der Waals surface area (Å²) in [6, 6.07) is 8.18. The van der Waals surface area contributed by atoms with Gasteiger partial charge in [-0.15, -0.1) is 0 Å². The second kappa shape index (κ2) is 14.7. The van der Waals surface area contributed by atoms with Gasteiger partial charge in [-0.3, -0.25) is 24.0 Å². The Labute approximate surface area is 302 Å². The molecule has 5 atom stereocenters. The fraction of sp³-hybridized carbons (Fsp3) is 0.361. The SMILES string of the molecule is CC(C)C[C@H]1NC(=O)c2coc(n2)[C@H](Cc2ccccc2)NC(=O)[C@@H]2C[C@H](NC(=O)c3onc4ncccc34)CN2C(=O)c2coc(n2)[C@@H](C)NC1=O. The van der Waals surface area contributed by atoms with Crippen molar-refractivity contribution in [2.24, 2.45) is 5.92 Å². The lowest BCUT2D eigenvalue weighted by molar-refractivity contribution is -0.126. The Kier molecular flexibility index (Phi) is 9.71. The van der Waals surface area contributed by atoms with Crippen LogP contribution < -0.4 is 21.3 Å². The quantitative estimate of drug-likeness (QED) is 0.198. The summed E-state index contributed by atoms with van der Waals surface area (Å²) in [5.74, 6) is -2.85. The molecule has 0 spiro atoms. The van der Waals surface area contributed by atoms with Crippen LogP contribution in [0.3, 0.4) is 0 Å². The summed E-state index contributed by atoms with van der Waals surface area (Å²) in [6.07, 6.45) is 4.42. The molecule has 4 N–H and O–H groups in total. The van der Waals surface area contributed by atoms with E-state index >= 15 is 0 Å². The van der Waals surface area contributed by atoms with Crippen molar-refractivity contribution in [1.82, 2.24) is 46.3 Å². The van der Waals surface area contributed by atoms with Gasteiger partial charge in [0, 0.05) is 25.2 Å². The average molecular weight is 724 g/mol. The van der Waals surface area contributed by atoms with Crippen molar-refractivity contribution >= 4 is 40.6 Å². The first-order chi connectivity index (χ1) is 25.5. The maximum atomic E-state index is 14.3. The summed E-state index contributed by atoms with van der Waals surface area (Å²) in [5.41, 5.74) is 0.897. The summed E-state index contributed by atoms with van der Waals surface area (Å²) < 4.78 is 16.7. The maximum Gasteiger partial charge on any atom is 0.290 e. The topological polar surface area (TPSA) is 228 Å². The number of nitrogens with one attached hydrogen (secondary N) is 4. The van der Waals surface area contributed by atoms with Crippen molar-refractivity contribution in [3.8, 4) is 0 Å². The van der Waals surface area contributed by atoms with Crippen LogP contribution in [-0.2, 0) is 16.0 Å². The molecule has 5 aromatic rings. The molecule has 17 nitrogen and oxygen atoms in total. The van der Waals surface area contributed by atoms with Gasteiger partial charge in [0.1, 0.15) is 36.7 Å². The van der Waals surface area contributed by atoms with Gasteiger partial charge in [0.05, 0.1) is 5.39 Å². The van der Waals surface area contributed by atoms with Crippen molar-refractivity contribution in [3.63, 3.8) is 0 Å². The lowest BCUT2D eigenvalue weighted by atomic mass is 10.0. The minimum atomic E-state index is -1.09. The lowest BCUT2D eigenvalue weighted by Gasteiger charge is -2.25. The third-order valence-corrected chi connectivity index (χ3v) is 9.11. The van der Waals surface area contributed by atoms with Crippen LogP contribution in [0.1, 0.15) is 94.6 Å². The predicted molar refractivity (Wildman–Crippen MR) is 184 cm³/mol. The van der Waals surface area contributed by atoms with Crippen LogP contribution in [0, 0.1) is 5.92 Å². The van der Waals surface area contributed by atoms with Crippen molar-refractivity contribution in [3.05, 3.63) is 95.7 Å². The molecule has 0 aliphatic carbocycles. The van der Waals surface area contributed by atoms with Crippen molar-refractivity contribution in [2.45, 2.75) is 70.2 Å². The van der Waals surface area contributed by atoms with Crippen molar-refractivity contribution < 1.29 is 37.3 Å². The van der Waals surface area contributed by atoms with E-state index < -0.39 is 59.7 Å². The fourth-order valence-electron chi connectivity index (χ4n) is 6.53. The Morgan fingerprint density at radius 2 is 1.68 bits per heavy atom. The Bertz CT molecular complexity index is 2160. The Balaban J connectivity index is 1.23. The summed E-state index contributed by atoms with van der Waals surface area (Å²) >= 11 is 0. The third-order valence-electron chi connectivity index (χ3n) is 9.11. The standard InChI is InChI=1S/C36H37N9O8/c1-18(2)12-23-30(46)38-19(3)34-43-26(17-51-34)36(50)45-15-21(39-33(49)28-22-10-7-11-37-29(22)44-53-28)14-27(45)32(48)41-24(13-20-8-5-4-6-9-20)35-42-25(16-52-35)31(47)40-23/h4-11,16-19,21,23-24,27H,12-15H2,1-3H3,(H,38,46)(H,39,49)(H,40,47)(H,41,48)/t19-,21+,23-,24+,27+/m1/s1. The molecule has 53 heavy (non-hydrogen) atoms. The van der Waals surface area contributed by atoms with E-state index in [0.717, 1.165) is 11.8 Å². The molecule has 4 aromatic heterocycles. The molecule has 0 radical (unpaired) electrons. The van der Waals surface area contributed by atoms with E-state index in [9.17, 15) is 24.0 Å². The molecule has 7 rings (SSSR count). The van der Waals surface area contributed by atoms with E-state index in [1.54, 1.807) is 19.1 Å². The van der Waals surface area contributed by atoms with Gasteiger partial charge in [0.15, 0.2) is 11.4 Å². The number of carbonyl (C=O) groups is 5. The number of benzene rings is 1. The van der Waals surface area contributed by atoms with Gasteiger partial charge in [0.25, 0.3) is 17.7 Å². The minimum absolute atomic E-state index is 0.0271. The van der Waals surface area contributed by atoms with Crippen molar-refractivity contribution in [2.75, 3.05) is 6.54 Å². The predicted octanol–water partition coefficient (Wildman–Crippen LogP) is 2.65. The van der Waals surface area contributed by atoms with Gasteiger partial charge in [-0.05, 0) is 43.4 Å². The highest BCUT2D eigenvalue weighted by molar-refractivity contribution is 6.03. The zero-order valence-corrected chi connectivity index (χ0v) is 29.1. The average Bonchev–Trinajstić information content (AvgIpc) is 3.96. The minimum Gasteiger partial charge on any atom is -0.446 e. The molecule has 5 amide bonds. The molecular weight excluding hydrogens is 686 g/mol. The number of fused-ring (bicyclic) bond motifs is 6. The molecule has 1 aromatic carbocycles. The maximum absolute atomic E-state index is 14.3. The zero-order chi connectivity index (χ0) is 37.2. The van der Waals surface area contributed by atoms with Gasteiger partial charge >= 0.3 is 0 Å². The highest BCUT2D eigenvalue weighted by Gasteiger charge is 2.43. The first-order valence-corrected chi connectivity index (χ1v) is 17.2. The van der Waals surface area contributed by atoms with Crippen LogP contribution in [-0.4, -0.2) is 79.2 Å². The second-order valence-corrected chi connectivity index (χ2v) is 13.5. The molecule has 0 unspecified atom stereocenters. The highest BCUT2D eigenvalue weighted by Crippen LogP contribution is 2.26. The molecule has 2 aliphatic rings. The van der Waals surface area contributed by atoms with Crippen LogP contribution in [0.4, 0.5) is 0 Å². The van der Waals surface area contributed by atoms with E-state index in [0.29, 0.717) is 11.8 Å². The first kappa shape index (κ1) is 35.0. The van der Waals surface area contributed by atoms with Crippen LogP contribution in [0.5, 0.6) is 0 Å². The number of hydrogen-bond acceptors (Lipinski definition) is 12. The van der Waals surface area contributed by atoms with Gasteiger partial charge in [-0.2, -0.15) is 0 Å². The lowest BCUT2D eigenvalue weighted by Crippen LogP contribution is -2.48. The smallest absolute Gasteiger partial charge is 0.290 e. The van der Waals surface area contributed by atoms with E-state index in [1.165, 1.54) is 17.4 Å². The summed E-state index contributed by atoms with van der Waals surface area (Å²) in [4.78, 5) is 82.8. The Hall–Kier alpha value is -6.39. The molecule has 6 heterocycles. The highest BCUT2D eigenvalue weighted by atomic mass is 16.5. The Morgan fingerprint density at radius 3 is 2.47 bits per heavy atom. The second-order valence-electron chi connectivity index (χ2n) is 13.5. The van der Waals surface area contributed by atoms with E-state index in [1.807, 2.05) is 44.2 Å². The largest absolute Gasteiger partial charge is 0.446 e. The van der Waals surface area contributed by atoms with E-state index in [2.05, 4.69) is 41.4 Å². The van der Waals surface area contributed by atoms with Gasteiger partial charge in [-0.25, -0.2) is 15.0 Å². The summed E-state index contributed by atoms with van der Waals surface area (Å²) in [6.45, 7) is 5.40. The molecule has 0 saturated carbocycles.